The second-order valence-electron chi connectivity index (χ2n) is 7.60. The Morgan fingerprint density at radius 3 is 2.74 bits per heavy atom. The number of rotatable bonds is 6. The van der Waals surface area contributed by atoms with Crippen molar-refractivity contribution in [3.05, 3.63) is 53.1 Å². The molecule has 27 heavy (non-hydrogen) atoms. The van der Waals surface area contributed by atoms with E-state index in [2.05, 4.69) is 43.5 Å². The average Bonchev–Trinajstić information content (AvgIpc) is 2.62. The smallest absolute Gasteiger partial charge is 0.262 e. The molecule has 0 aliphatic carbocycles. The van der Waals surface area contributed by atoms with E-state index in [-0.39, 0.29) is 29.5 Å². The average molecular weight is 370 g/mol. The standard InChI is InChI=1S/C21H26N2O4/c1-13-6-4-5-7-14(13)10-21(2,3)22-11-17(25)15-8-9-16(24)19-20(15)27-12-18(26)23-19/h4-9,17,22,24-25H,10-12H2,1-3H3,(H,23,26). The molecule has 4 N–H and O–H groups in total. The van der Waals surface area contributed by atoms with Gasteiger partial charge in [-0.2, -0.15) is 0 Å². The highest BCUT2D eigenvalue weighted by Crippen LogP contribution is 2.41. The number of amides is 1. The van der Waals surface area contributed by atoms with Crippen LogP contribution >= 0.6 is 0 Å². The lowest BCUT2D eigenvalue weighted by atomic mass is 9.92. The van der Waals surface area contributed by atoms with Crippen LogP contribution in [0.1, 0.15) is 36.6 Å². The molecule has 2 aromatic carbocycles. The van der Waals surface area contributed by atoms with Crippen molar-refractivity contribution in [1.29, 1.82) is 0 Å². The monoisotopic (exact) mass is 370 g/mol. The van der Waals surface area contributed by atoms with Gasteiger partial charge in [0.25, 0.3) is 5.91 Å². The predicted octanol–water partition coefficient (Wildman–Crippen LogP) is 2.68. The van der Waals surface area contributed by atoms with Gasteiger partial charge in [-0.1, -0.05) is 24.3 Å². The maximum absolute atomic E-state index is 11.5. The molecule has 1 aliphatic heterocycles. The first kappa shape index (κ1) is 19.2. The van der Waals surface area contributed by atoms with Crippen molar-refractivity contribution in [3.63, 3.8) is 0 Å². The number of phenolic OH excluding ortho intramolecular Hbond substituents is 1. The number of benzene rings is 2. The van der Waals surface area contributed by atoms with Gasteiger partial charge in [0, 0.05) is 17.6 Å². The first-order chi connectivity index (χ1) is 12.8. The lowest BCUT2D eigenvalue weighted by molar-refractivity contribution is -0.118. The molecule has 144 valence electrons. The summed E-state index contributed by atoms with van der Waals surface area (Å²) in [5, 5.41) is 26.6. The Kier molecular flexibility index (Phi) is 5.39. The van der Waals surface area contributed by atoms with E-state index in [9.17, 15) is 15.0 Å². The number of aliphatic hydroxyl groups excluding tert-OH is 1. The minimum absolute atomic E-state index is 0.0816. The molecular weight excluding hydrogens is 344 g/mol. The molecule has 6 heteroatoms. The highest BCUT2D eigenvalue weighted by Gasteiger charge is 2.27. The molecule has 0 fully saturated rings. The Balaban J connectivity index is 1.71. The summed E-state index contributed by atoms with van der Waals surface area (Å²) in [6.45, 7) is 6.45. The number of aliphatic hydroxyl groups is 1. The number of anilines is 1. The second-order valence-corrected chi connectivity index (χ2v) is 7.60. The molecule has 1 heterocycles. The van der Waals surface area contributed by atoms with E-state index in [1.165, 1.54) is 17.2 Å². The predicted molar refractivity (Wildman–Crippen MR) is 104 cm³/mol. The lowest BCUT2D eigenvalue weighted by Crippen LogP contribution is -2.43. The number of aromatic hydroxyl groups is 1. The number of fused-ring (bicyclic) bond motifs is 1. The first-order valence-corrected chi connectivity index (χ1v) is 9.03. The summed E-state index contributed by atoms with van der Waals surface area (Å²) in [7, 11) is 0. The molecule has 0 spiro atoms. The summed E-state index contributed by atoms with van der Waals surface area (Å²) in [6.07, 6.45) is -0.0161. The molecule has 1 atom stereocenters. The molecule has 1 aliphatic rings. The van der Waals surface area contributed by atoms with Gasteiger partial charge in [0.05, 0.1) is 6.10 Å². The van der Waals surface area contributed by atoms with Gasteiger partial charge in [-0.3, -0.25) is 4.79 Å². The maximum Gasteiger partial charge on any atom is 0.262 e. The SMILES string of the molecule is Cc1ccccc1CC(C)(C)NCC(O)c1ccc(O)c2c1OCC(=O)N2. The number of hydrogen-bond donors (Lipinski definition) is 4. The van der Waals surface area contributed by atoms with Crippen molar-refractivity contribution in [2.75, 3.05) is 18.5 Å². The Bertz CT molecular complexity index is 848. The fraction of sp³-hybridized carbons (Fsp3) is 0.381. The van der Waals surface area contributed by atoms with Gasteiger partial charge in [-0.05, 0) is 50.5 Å². The molecule has 0 aromatic heterocycles. The second kappa shape index (κ2) is 7.58. The lowest BCUT2D eigenvalue weighted by Gasteiger charge is -2.30. The minimum Gasteiger partial charge on any atom is -0.506 e. The molecule has 1 unspecified atom stereocenters. The number of carbonyl (C=O) groups excluding carboxylic acids is 1. The third-order valence-corrected chi connectivity index (χ3v) is 4.80. The molecule has 2 aromatic rings. The fourth-order valence-corrected chi connectivity index (χ4v) is 3.27. The number of carbonyl (C=O) groups is 1. The third-order valence-electron chi connectivity index (χ3n) is 4.80. The van der Waals surface area contributed by atoms with Gasteiger partial charge < -0.3 is 25.6 Å². The van der Waals surface area contributed by atoms with E-state index in [1.54, 1.807) is 6.07 Å². The molecule has 1 amide bonds. The number of β-amino-alcohol motifs (C(OH)–C–C–N with tert-alkyl or cyclic N) is 1. The van der Waals surface area contributed by atoms with Crippen molar-refractivity contribution in [3.8, 4) is 11.5 Å². The van der Waals surface area contributed by atoms with Crippen LogP contribution in [0.4, 0.5) is 5.69 Å². The van der Waals surface area contributed by atoms with E-state index in [0.29, 0.717) is 17.9 Å². The summed E-state index contributed by atoms with van der Waals surface area (Å²) in [5.41, 5.74) is 3.02. The number of phenols is 1. The zero-order chi connectivity index (χ0) is 19.6. The van der Waals surface area contributed by atoms with E-state index in [0.717, 1.165) is 6.42 Å². The highest BCUT2D eigenvalue weighted by atomic mass is 16.5. The molecule has 0 bridgehead atoms. The zero-order valence-corrected chi connectivity index (χ0v) is 15.9. The van der Waals surface area contributed by atoms with E-state index < -0.39 is 6.10 Å². The Hall–Kier alpha value is -2.57. The molecule has 0 radical (unpaired) electrons. The van der Waals surface area contributed by atoms with Crippen LogP contribution < -0.4 is 15.4 Å². The fourth-order valence-electron chi connectivity index (χ4n) is 3.27. The molecule has 0 saturated heterocycles. The van der Waals surface area contributed by atoms with Crippen molar-refractivity contribution in [1.82, 2.24) is 5.32 Å². The molecule has 0 saturated carbocycles. The minimum atomic E-state index is -0.842. The Morgan fingerprint density at radius 2 is 2.00 bits per heavy atom. The van der Waals surface area contributed by atoms with Gasteiger partial charge in [0.1, 0.15) is 11.4 Å². The van der Waals surface area contributed by atoms with Crippen LogP contribution in [0.15, 0.2) is 36.4 Å². The summed E-state index contributed by atoms with van der Waals surface area (Å²) >= 11 is 0. The largest absolute Gasteiger partial charge is 0.506 e. The summed E-state index contributed by atoms with van der Waals surface area (Å²) in [4.78, 5) is 11.5. The van der Waals surface area contributed by atoms with E-state index in [1.807, 2.05) is 12.1 Å². The first-order valence-electron chi connectivity index (χ1n) is 9.03. The van der Waals surface area contributed by atoms with Crippen LogP contribution in [-0.4, -0.2) is 34.8 Å². The number of ether oxygens (including phenoxy) is 1. The summed E-state index contributed by atoms with van der Waals surface area (Å²) in [6, 6.07) is 11.3. The molecular formula is C21H26N2O4. The third kappa shape index (κ3) is 4.40. The van der Waals surface area contributed by atoms with Crippen molar-refractivity contribution >= 4 is 11.6 Å². The van der Waals surface area contributed by atoms with Crippen LogP contribution in [0.2, 0.25) is 0 Å². The van der Waals surface area contributed by atoms with Crippen molar-refractivity contribution < 1.29 is 19.7 Å². The summed E-state index contributed by atoms with van der Waals surface area (Å²) in [5.74, 6) is -0.0932. The zero-order valence-electron chi connectivity index (χ0n) is 15.9. The van der Waals surface area contributed by atoms with Gasteiger partial charge in [0.2, 0.25) is 0 Å². The number of hydrogen-bond acceptors (Lipinski definition) is 5. The van der Waals surface area contributed by atoms with E-state index >= 15 is 0 Å². The maximum atomic E-state index is 11.5. The van der Waals surface area contributed by atoms with E-state index in [4.69, 9.17) is 4.74 Å². The van der Waals surface area contributed by atoms with Gasteiger partial charge in [-0.15, -0.1) is 0 Å². The normalized spacial score (nSPS) is 14.9. The quantitative estimate of drug-likeness (QED) is 0.587. The van der Waals surface area contributed by atoms with Crippen molar-refractivity contribution in [2.45, 2.75) is 38.8 Å². The summed E-state index contributed by atoms with van der Waals surface area (Å²) < 4.78 is 5.45. The van der Waals surface area contributed by atoms with Gasteiger partial charge in [0.15, 0.2) is 12.4 Å². The molecule has 6 nitrogen and oxygen atoms in total. The Labute approximate surface area is 159 Å². The topological polar surface area (TPSA) is 90.8 Å². The van der Waals surface area contributed by atoms with Crippen LogP contribution in [0.25, 0.3) is 0 Å². The molecule has 3 rings (SSSR count). The highest BCUT2D eigenvalue weighted by molar-refractivity contribution is 5.97. The van der Waals surface area contributed by atoms with Crippen molar-refractivity contribution in [2.24, 2.45) is 0 Å². The van der Waals surface area contributed by atoms with Gasteiger partial charge in [-0.25, -0.2) is 0 Å². The number of aryl methyl sites for hydroxylation is 1. The van der Waals surface area contributed by atoms with Gasteiger partial charge >= 0.3 is 0 Å². The Morgan fingerprint density at radius 1 is 1.26 bits per heavy atom. The van der Waals surface area contributed by atoms with Crippen LogP contribution in [0, 0.1) is 6.92 Å². The van der Waals surface area contributed by atoms with Crippen LogP contribution in [0.5, 0.6) is 11.5 Å². The van der Waals surface area contributed by atoms with Crippen LogP contribution in [-0.2, 0) is 11.2 Å². The number of nitrogens with one attached hydrogen (secondary N) is 2. The van der Waals surface area contributed by atoms with Crippen LogP contribution in [0.3, 0.4) is 0 Å².